The Morgan fingerprint density at radius 2 is 1.73 bits per heavy atom. The van der Waals surface area contributed by atoms with E-state index >= 15 is 0 Å². The molecule has 1 aromatic rings. The van der Waals surface area contributed by atoms with Crippen molar-refractivity contribution in [2.24, 2.45) is 0 Å². The third-order valence-electron chi connectivity index (χ3n) is 3.52. The number of aliphatic hydroxyl groups is 4. The summed E-state index contributed by atoms with van der Waals surface area (Å²) in [7, 11) is -4.01. The number of hydrogen-bond acceptors (Lipinski definition) is 7. The molecule has 0 bridgehead atoms. The van der Waals surface area contributed by atoms with Gasteiger partial charge in [-0.05, 0) is 19.1 Å². The van der Waals surface area contributed by atoms with Crippen molar-refractivity contribution < 1.29 is 33.6 Å². The van der Waals surface area contributed by atoms with Gasteiger partial charge in [-0.2, -0.15) is 0 Å². The molecule has 1 aromatic carbocycles. The van der Waals surface area contributed by atoms with Crippen LogP contribution in [0.5, 0.6) is 0 Å². The average molecular weight is 333 g/mol. The number of nitrogens with one attached hydrogen (secondary N) is 1. The average Bonchev–Trinajstić information content (AvgIpc) is 2.48. The van der Waals surface area contributed by atoms with Gasteiger partial charge >= 0.3 is 0 Å². The van der Waals surface area contributed by atoms with Crippen LogP contribution in [-0.2, 0) is 14.8 Å². The van der Waals surface area contributed by atoms with Crippen molar-refractivity contribution in [1.82, 2.24) is 4.72 Å². The third-order valence-corrected chi connectivity index (χ3v) is 5.00. The lowest BCUT2D eigenvalue weighted by Crippen LogP contribution is -2.64. The molecule has 1 unspecified atom stereocenters. The second-order valence-electron chi connectivity index (χ2n) is 5.19. The molecule has 0 aliphatic carbocycles. The Bertz CT molecular complexity index is 603. The molecular formula is C13H19NO7S. The summed E-state index contributed by atoms with van der Waals surface area (Å²) in [6, 6.07) is 4.52. The standard InChI is InChI=1S/C13H19NO7S/c1-7-2-4-8(5-3-7)22(19,20)14-10-12(17)11(16)9(6-15)21-13(10)18/h2-5,9-18H,6H2,1H3/t9-,10-,11+,12-,13?/m1/s1. The maximum atomic E-state index is 12.2. The maximum Gasteiger partial charge on any atom is 0.241 e. The molecule has 1 aliphatic rings. The summed E-state index contributed by atoms with van der Waals surface area (Å²) in [5, 5.41) is 38.4. The highest BCUT2D eigenvalue weighted by Crippen LogP contribution is 2.21. The zero-order valence-corrected chi connectivity index (χ0v) is 12.6. The van der Waals surface area contributed by atoms with Gasteiger partial charge in [0, 0.05) is 0 Å². The van der Waals surface area contributed by atoms with Gasteiger partial charge in [-0.25, -0.2) is 13.1 Å². The highest BCUT2D eigenvalue weighted by atomic mass is 32.2. The first-order chi connectivity index (χ1) is 10.3. The van der Waals surface area contributed by atoms with Crippen LogP contribution in [-0.4, -0.2) is 66.1 Å². The Balaban J connectivity index is 2.20. The summed E-state index contributed by atoms with van der Waals surface area (Å²) in [4.78, 5) is -0.0451. The summed E-state index contributed by atoms with van der Waals surface area (Å²) in [6.07, 6.45) is -6.04. The van der Waals surface area contributed by atoms with Gasteiger partial charge in [0.1, 0.15) is 24.4 Å². The number of aliphatic hydroxyl groups excluding tert-OH is 4. The maximum absolute atomic E-state index is 12.2. The number of ether oxygens (including phenoxy) is 1. The summed E-state index contributed by atoms with van der Waals surface area (Å²) >= 11 is 0. The van der Waals surface area contributed by atoms with Crippen molar-refractivity contribution in [3.05, 3.63) is 29.8 Å². The van der Waals surface area contributed by atoms with E-state index in [1.54, 1.807) is 19.1 Å². The molecule has 0 radical (unpaired) electrons. The fourth-order valence-corrected chi connectivity index (χ4v) is 3.43. The number of sulfonamides is 1. The van der Waals surface area contributed by atoms with Crippen LogP contribution in [0.1, 0.15) is 5.56 Å². The number of rotatable bonds is 4. The van der Waals surface area contributed by atoms with Crippen molar-refractivity contribution in [2.75, 3.05) is 6.61 Å². The van der Waals surface area contributed by atoms with E-state index in [1.807, 2.05) is 0 Å². The SMILES string of the molecule is Cc1ccc(S(=O)(=O)N[C@H]2C(O)O[C@H](CO)[C@H](O)[C@@H]2O)cc1. The number of benzene rings is 1. The van der Waals surface area contributed by atoms with Crippen LogP contribution >= 0.6 is 0 Å². The normalized spacial score (nSPS) is 32.9. The first kappa shape index (κ1) is 17.3. The minimum atomic E-state index is -4.01. The first-order valence-electron chi connectivity index (χ1n) is 6.66. The zero-order valence-electron chi connectivity index (χ0n) is 11.8. The van der Waals surface area contributed by atoms with Gasteiger partial charge in [0.05, 0.1) is 11.5 Å². The molecule has 9 heteroatoms. The van der Waals surface area contributed by atoms with Crippen LogP contribution in [0, 0.1) is 6.92 Å². The molecule has 22 heavy (non-hydrogen) atoms. The second-order valence-corrected chi connectivity index (χ2v) is 6.90. The van der Waals surface area contributed by atoms with Crippen molar-refractivity contribution in [1.29, 1.82) is 0 Å². The number of hydrogen-bond donors (Lipinski definition) is 5. The Morgan fingerprint density at radius 1 is 1.14 bits per heavy atom. The Kier molecular flexibility index (Phi) is 5.17. The van der Waals surface area contributed by atoms with E-state index in [2.05, 4.69) is 4.72 Å². The van der Waals surface area contributed by atoms with E-state index in [4.69, 9.17) is 9.84 Å². The Hall–Kier alpha value is -1.07. The minimum absolute atomic E-state index is 0.0451. The lowest BCUT2D eigenvalue weighted by atomic mass is 9.98. The van der Waals surface area contributed by atoms with Crippen LogP contribution in [0.25, 0.3) is 0 Å². The van der Waals surface area contributed by atoms with Crippen molar-refractivity contribution in [3.8, 4) is 0 Å². The van der Waals surface area contributed by atoms with Gasteiger partial charge in [0.2, 0.25) is 10.0 Å². The fourth-order valence-electron chi connectivity index (χ4n) is 2.19. The quantitative estimate of drug-likeness (QED) is 0.433. The van der Waals surface area contributed by atoms with Gasteiger partial charge in [-0.3, -0.25) is 0 Å². The van der Waals surface area contributed by atoms with Crippen molar-refractivity contribution in [2.45, 2.75) is 42.5 Å². The van der Waals surface area contributed by atoms with Crippen LogP contribution in [0.4, 0.5) is 0 Å². The van der Waals surface area contributed by atoms with Crippen LogP contribution < -0.4 is 4.72 Å². The van der Waals surface area contributed by atoms with Crippen LogP contribution in [0.15, 0.2) is 29.2 Å². The Labute approximate surface area is 128 Å². The smallest absolute Gasteiger partial charge is 0.241 e. The molecule has 0 saturated carbocycles. The molecule has 5 N–H and O–H groups in total. The molecule has 0 aromatic heterocycles. The van der Waals surface area contributed by atoms with Gasteiger partial charge in [-0.1, -0.05) is 17.7 Å². The zero-order chi connectivity index (χ0) is 16.5. The molecule has 5 atom stereocenters. The van der Waals surface area contributed by atoms with Crippen molar-refractivity contribution in [3.63, 3.8) is 0 Å². The van der Waals surface area contributed by atoms with E-state index in [-0.39, 0.29) is 4.90 Å². The third kappa shape index (κ3) is 3.46. The summed E-state index contributed by atoms with van der Waals surface area (Å²) in [6.45, 7) is 1.18. The van der Waals surface area contributed by atoms with Crippen LogP contribution in [0.3, 0.4) is 0 Å². The van der Waals surface area contributed by atoms with E-state index in [9.17, 15) is 23.7 Å². The van der Waals surface area contributed by atoms with Gasteiger partial charge in [-0.15, -0.1) is 0 Å². The summed E-state index contributed by atoms with van der Waals surface area (Å²) in [5.41, 5.74) is 0.876. The van der Waals surface area contributed by atoms with Crippen molar-refractivity contribution >= 4 is 10.0 Å². The van der Waals surface area contributed by atoms with E-state index in [0.717, 1.165) is 5.56 Å². The lowest BCUT2D eigenvalue weighted by Gasteiger charge is -2.40. The molecule has 8 nitrogen and oxygen atoms in total. The summed E-state index contributed by atoms with van der Waals surface area (Å²) in [5.74, 6) is 0. The fraction of sp³-hybridized carbons (Fsp3) is 0.538. The van der Waals surface area contributed by atoms with Crippen LogP contribution in [0.2, 0.25) is 0 Å². The predicted molar refractivity (Wildman–Crippen MR) is 75.3 cm³/mol. The molecule has 124 valence electrons. The monoisotopic (exact) mass is 333 g/mol. The first-order valence-corrected chi connectivity index (χ1v) is 8.14. The summed E-state index contributed by atoms with van der Waals surface area (Å²) < 4.78 is 31.5. The topological polar surface area (TPSA) is 136 Å². The van der Waals surface area contributed by atoms with Gasteiger partial charge in [0.15, 0.2) is 6.29 Å². The minimum Gasteiger partial charge on any atom is -0.394 e. The molecule has 0 spiro atoms. The van der Waals surface area contributed by atoms with E-state index in [1.165, 1.54) is 12.1 Å². The largest absolute Gasteiger partial charge is 0.394 e. The second kappa shape index (κ2) is 6.59. The number of aryl methyl sites for hydroxylation is 1. The van der Waals surface area contributed by atoms with E-state index in [0.29, 0.717) is 0 Å². The molecule has 1 heterocycles. The highest BCUT2D eigenvalue weighted by Gasteiger charge is 2.45. The van der Waals surface area contributed by atoms with Gasteiger partial charge in [0.25, 0.3) is 0 Å². The molecule has 1 aliphatic heterocycles. The van der Waals surface area contributed by atoms with E-state index < -0.39 is 47.3 Å². The molecule has 1 fully saturated rings. The molecule has 2 rings (SSSR count). The predicted octanol–water partition coefficient (Wildman–Crippen LogP) is -1.93. The lowest BCUT2D eigenvalue weighted by molar-refractivity contribution is -0.251. The Morgan fingerprint density at radius 3 is 2.27 bits per heavy atom. The molecule has 1 saturated heterocycles. The highest BCUT2D eigenvalue weighted by molar-refractivity contribution is 7.89. The molecule has 0 amide bonds. The van der Waals surface area contributed by atoms with Gasteiger partial charge < -0.3 is 25.2 Å². The molecular weight excluding hydrogens is 314 g/mol.